The first-order chi connectivity index (χ1) is 9.53. The minimum absolute atomic E-state index is 0.303. The highest BCUT2D eigenvalue weighted by molar-refractivity contribution is 5.44. The Morgan fingerprint density at radius 2 is 1.55 bits per heavy atom. The Labute approximate surface area is 122 Å². The Hall–Kier alpha value is -1.06. The lowest BCUT2D eigenvalue weighted by molar-refractivity contribution is 0.174. The fraction of sp³-hybridized carbons (Fsp3) is 0.647. The van der Waals surface area contributed by atoms with E-state index in [9.17, 15) is 5.11 Å². The number of hydrogen-bond donors (Lipinski definition) is 1. The van der Waals surface area contributed by atoms with E-state index < -0.39 is 0 Å². The van der Waals surface area contributed by atoms with Crippen molar-refractivity contribution in [2.24, 2.45) is 5.92 Å². The van der Waals surface area contributed by atoms with E-state index in [0.29, 0.717) is 30.8 Å². The van der Waals surface area contributed by atoms with Crippen molar-refractivity contribution in [2.75, 3.05) is 14.2 Å². The average Bonchev–Trinajstić information content (AvgIpc) is 2.40. The van der Waals surface area contributed by atoms with Crippen LogP contribution in [0, 0.1) is 5.92 Å². The quantitative estimate of drug-likeness (QED) is 0.774. The predicted molar refractivity (Wildman–Crippen MR) is 82.0 cm³/mol. The molecular formula is C17H28O3. The van der Waals surface area contributed by atoms with Crippen molar-refractivity contribution >= 4 is 0 Å². The van der Waals surface area contributed by atoms with Crippen LogP contribution in [0.5, 0.6) is 5.75 Å². The molecule has 1 atom stereocenters. The summed E-state index contributed by atoms with van der Waals surface area (Å²) in [6.07, 6.45) is 2.25. The second-order valence-corrected chi connectivity index (χ2v) is 5.79. The van der Waals surface area contributed by atoms with Crippen molar-refractivity contribution in [3.05, 3.63) is 28.8 Å². The number of rotatable bonds is 8. The van der Waals surface area contributed by atoms with E-state index in [1.54, 1.807) is 14.2 Å². The van der Waals surface area contributed by atoms with Crippen LogP contribution in [-0.4, -0.2) is 19.3 Å². The third-order valence-electron chi connectivity index (χ3n) is 3.61. The largest absolute Gasteiger partial charge is 0.507 e. The maximum atomic E-state index is 10.3. The minimum Gasteiger partial charge on any atom is -0.507 e. The molecule has 0 bridgehead atoms. The normalized spacial score (nSPS) is 12.9. The van der Waals surface area contributed by atoms with Gasteiger partial charge in [-0.15, -0.1) is 0 Å². The number of aromatic hydroxyl groups is 1. The molecule has 0 aliphatic carbocycles. The third-order valence-corrected chi connectivity index (χ3v) is 3.61. The van der Waals surface area contributed by atoms with Crippen LogP contribution in [0.25, 0.3) is 0 Å². The topological polar surface area (TPSA) is 38.7 Å². The molecule has 0 saturated carbocycles. The molecule has 1 unspecified atom stereocenters. The SMILES string of the molecule is CCC(CC(C)C)c1cc(COC)c(O)c(COC)c1. The van der Waals surface area contributed by atoms with E-state index in [0.717, 1.165) is 24.0 Å². The molecule has 114 valence electrons. The van der Waals surface area contributed by atoms with Crippen molar-refractivity contribution in [1.82, 2.24) is 0 Å². The summed E-state index contributed by atoms with van der Waals surface area (Å²) in [5, 5.41) is 10.3. The van der Waals surface area contributed by atoms with Gasteiger partial charge in [0.2, 0.25) is 0 Å². The first-order valence-electron chi connectivity index (χ1n) is 7.35. The van der Waals surface area contributed by atoms with Crippen molar-refractivity contribution in [3.63, 3.8) is 0 Å². The summed E-state index contributed by atoms with van der Waals surface area (Å²) < 4.78 is 10.4. The average molecular weight is 280 g/mol. The second-order valence-electron chi connectivity index (χ2n) is 5.79. The smallest absolute Gasteiger partial charge is 0.126 e. The Morgan fingerprint density at radius 1 is 1.05 bits per heavy atom. The molecule has 1 N–H and O–H groups in total. The highest BCUT2D eigenvalue weighted by Gasteiger charge is 2.16. The van der Waals surface area contributed by atoms with Gasteiger partial charge in [0, 0.05) is 25.3 Å². The highest BCUT2D eigenvalue weighted by atomic mass is 16.5. The maximum absolute atomic E-state index is 10.3. The molecule has 0 aromatic heterocycles. The van der Waals surface area contributed by atoms with E-state index >= 15 is 0 Å². The van der Waals surface area contributed by atoms with Gasteiger partial charge in [-0.25, -0.2) is 0 Å². The van der Waals surface area contributed by atoms with Crippen LogP contribution in [0.3, 0.4) is 0 Å². The lowest BCUT2D eigenvalue weighted by atomic mass is 9.86. The van der Waals surface area contributed by atoms with E-state index in [2.05, 4.69) is 32.9 Å². The second kappa shape index (κ2) is 8.28. The van der Waals surface area contributed by atoms with Gasteiger partial charge in [0.1, 0.15) is 5.75 Å². The summed E-state index contributed by atoms with van der Waals surface area (Å²) in [7, 11) is 3.29. The van der Waals surface area contributed by atoms with Crippen molar-refractivity contribution in [1.29, 1.82) is 0 Å². The molecular weight excluding hydrogens is 252 g/mol. The van der Waals surface area contributed by atoms with E-state index in [1.165, 1.54) is 5.56 Å². The molecule has 3 heteroatoms. The molecule has 0 heterocycles. The van der Waals surface area contributed by atoms with Gasteiger partial charge in [0.25, 0.3) is 0 Å². The molecule has 3 nitrogen and oxygen atoms in total. The van der Waals surface area contributed by atoms with Crippen molar-refractivity contribution in [3.8, 4) is 5.75 Å². The zero-order valence-electron chi connectivity index (χ0n) is 13.4. The van der Waals surface area contributed by atoms with Gasteiger partial charge in [-0.3, -0.25) is 0 Å². The first kappa shape index (κ1) is 17.0. The van der Waals surface area contributed by atoms with Gasteiger partial charge >= 0.3 is 0 Å². The van der Waals surface area contributed by atoms with Crippen molar-refractivity contribution < 1.29 is 14.6 Å². The van der Waals surface area contributed by atoms with E-state index in [4.69, 9.17) is 9.47 Å². The molecule has 1 rings (SSSR count). The third kappa shape index (κ3) is 4.50. The zero-order valence-corrected chi connectivity index (χ0v) is 13.4. The molecule has 0 saturated heterocycles. The molecule has 1 aromatic rings. The van der Waals surface area contributed by atoms with Gasteiger partial charge in [-0.05, 0) is 42.4 Å². The fourth-order valence-electron chi connectivity index (χ4n) is 2.66. The van der Waals surface area contributed by atoms with Crippen LogP contribution in [-0.2, 0) is 22.7 Å². The molecule has 0 fully saturated rings. The van der Waals surface area contributed by atoms with Gasteiger partial charge in [0.05, 0.1) is 13.2 Å². The first-order valence-corrected chi connectivity index (χ1v) is 7.35. The Kier molecular flexibility index (Phi) is 7.03. The van der Waals surface area contributed by atoms with Gasteiger partial charge in [-0.1, -0.05) is 20.8 Å². The summed E-state index contributed by atoms with van der Waals surface area (Å²) in [4.78, 5) is 0. The Morgan fingerprint density at radius 3 is 1.90 bits per heavy atom. The highest BCUT2D eigenvalue weighted by Crippen LogP contribution is 2.33. The molecule has 0 aliphatic rings. The van der Waals surface area contributed by atoms with Gasteiger partial charge < -0.3 is 14.6 Å². The van der Waals surface area contributed by atoms with Crippen molar-refractivity contribution in [2.45, 2.75) is 52.7 Å². The minimum atomic E-state index is 0.303. The summed E-state index contributed by atoms with van der Waals surface area (Å²) in [5.74, 6) is 1.48. The number of phenols is 1. The molecule has 0 radical (unpaired) electrons. The maximum Gasteiger partial charge on any atom is 0.126 e. The zero-order chi connectivity index (χ0) is 15.1. The lowest BCUT2D eigenvalue weighted by Gasteiger charge is -2.20. The molecule has 1 aromatic carbocycles. The fourth-order valence-corrected chi connectivity index (χ4v) is 2.66. The summed E-state index contributed by atoms with van der Waals surface area (Å²) >= 11 is 0. The molecule has 0 aliphatic heterocycles. The number of hydrogen-bond acceptors (Lipinski definition) is 3. The van der Waals surface area contributed by atoms with Crippen LogP contribution in [0.1, 0.15) is 56.2 Å². The monoisotopic (exact) mass is 280 g/mol. The number of phenolic OH excluding ortho intramolecular Hbond substituents is 1. The molecule has 0 amide bonds. The van der Waals surface area contributed by atoms with Gasteiger partial charge in [-0.2, -0.15) is 0 Å². The standard InChI is InChI=1S/C17H28O3/c1-6-13(7-12(2)3)14-8-15(10-19-4)17(18)16(9-14)11-20-5/h8-9,12-13,18H,6-7,10-11H2,1-5H3. The number of methoxy groups -OCH3 is 2. The number of ether oxygens (including phenoxy) is 2. The number of benzene rings is 1. The van der Waals surface area contributed by atoms with Gasteiger partial charge in [0.15, 0.2) is 0 Å². The summed E-state index contributed by atoms with van der Waals surface area (Å²) in [6, 6.07) is 4.16. The van der Waals surface area contributed by atoms with E-state index in [1.807, 2.05) is 0 Å². The Balaban J connectivity index is 3.16. The molecule has 0 spiro atoms. The van der Waals surface area contributed by atoms with Crippen LogP contribution in [0.4, 0.5) is 0 Å². The van der Waals surface area contributed by atoms with Crippen LogP contribution in [0.2, 0.25) is 0 Å². The lowest BCUT2D eigenvalue weighted by Crippen LogP contribution is -2.05. The van der Waals surface area contributed by atoms with Crippen LogP contribution in [0.15, 0.2) is 12.1 Å². The predicted octanol–water partition coefficient (Wildman–Crippen LogP) is 4.22. The molecule has 20 heavy (non-hydrogen) atoms. The summed E-state index contributed by atoms with van der Waals surface area (Å²) in [5.41, 5.74) is 2.97. The van der Waals surface area contributed by atoms with Crippen LogP contribution < -0.4 is 0 Å². The van der Waals surface area contributed by atoms with Crippen LogP contribution >= 0.6 is 0 Å². The summed E-state index contributed by atoms with van der Waals surface area (Å²) in [6.45, 7) is 7.55. The Bertz CT molecular complexity index is 386. The van der Waals surface area contributed by atoms with E-state index in [-0.39, 0.29) is 0 Å².